The highest BCUT2D eigenvalue weighted by atomic mass is 79.9. The summed E-state index contributed by atoms with van der Waals surface area (Å²) in [5.74, 6) is -0.130. The van der Waals surface area contributed by atoms with Gasteiger partial charge in [0, 0.05) is 18.7 Å². The number of benzene rings is 3. The van der Waals surface area contributed by atoms with Crippen molar-refractivity contribution in [1.82, 2.24) is 4.90 Å². The molecule has 3 aromatic carbocycles. The first-order chi connectivity index (χ1) is 17.2. The van der Waals surface area contributed by atoms with Crippen LogP contribution in [0.15, 0.2) is 75.0 Å². The lowest BCUT2D eigenvalue weighted by atomic mass is 10.2. The maximum absolute atomic E-state index is 13.2. The molecule has 11 heteroatoms. The predicted octanol–water partition coefficient (Wildman–Crippen LogP) is 7.35. The molecular weight excluding hydrogens is 573 g/mol. The molecule has 0 bridgehead atoms. The first kappa shape index (κ1) is 25.9. The van der Waals surface area contributed by atoms with Crippen molar-refractivity contribution < 1.29 is 18.8 Å². The SMILES string of the molecule is CCN1C(=O)/C(=C\c2cc(Cl)c(OCc3ccc([N+](=O)[O-])cc3)c(Br)c2)SC1=Nc1ccc(F)cc1. The van der Waals surface area contributed by atoms with Crippen LogP contribution < -0.4 is 4.74 Å². The summed E-state index contributed by atoms with van der Waals surface area (Å²) in [6, 6.07) is 15.3. The Morgan fingerprint density at radius 3 is 2.50 bits per heavy atom. The van der Waals surface area contributed by atoms with Crippen molar-refractivity contribution in [3.05, 3.63) is 102 Å². The fourth-order valence-electron chi connectivity index (χ4n) is 3.32. The smallest absolute Gasteiger partial charge is 0.269 e. The Hall–Kier alpha value is -3.21. The number of non-ortho nitro benzene ring substituents is 1. The Morgan fingerprint density at radius 2 is 1.89 bits per heavy atom. The number of thioether (sulfide) groups is 1. The number of aliphatic imine (C=N–C) groups is 1. The lowest BCUT2D eigenvalue weighted by Gasteiger charge is -2.12. The van der Waals surface area contributed by atoms with Gasteiger partial charge in [-0.2, -0.15) is 0 Å². The van der Waals surface area contributed by atoms with Crippen LogP contribution in [0.5, 0.6) is 5.75 Å². The molecule has 0 aliphatic carbocycles. The molecular formula is C25H18BrClFN3O4S. The van der Waals surface area contributed by atoms with Gasteiger partial charge in [0.05, 0.1) is 25.0 Å². The zero-order chi connectivity index (χ0) is 25.8. The van der Waals surface area contributed by atoms with Crippen LogP contribution in [0.1, 0.15) is 18.1 Å². The Balaban J connectivity index is 1.52. The fourth-order valence-corrected chi connectivity index (χ4v) is 5.37. The van der Waals surface area contributed by atoms with E-state index in [0.29, 0.717) is 43.1 Å². The second kappa shape index (κ2) is 11.2. The maximum Gasteiger partial charge on any atom is 0.269 e. The summed E-state index contributed by atoms with van der Waals surface area (Å²) in [5, 5.41) is 11.6. The minimum absolute atomic E-state index is 0.00203. The third kappa shape index (κ3) is 5.95. The molecule has 3 aromatic rings. The van der Waals surface area contributed by atoms with Crippen LogP contribution in [0.3, 0.4) is 0 Å². The average Bonchev–Trinajstić information content (AvgIpc) is 3.13. The van der Waals surface area contributed by atoms with Gasteiger partial charge in [-0.05, 0) is 100 Å². The van der Waals surface area contributed by atoms with Crippen molar-refractivity contribution >= 4 is 67.8 Å². The number of halogens is 3. The number of nitrogens with zero attached hydrogens (tertiary/aromatic N) is 3. The fraction of sp³-hybridized carbons (Fsp3) is 0.120. The Kier molecular flexibility index (Phi) is 8.07. The zero-order valence-corrected chi connectivity index (χ0v) is 21.9. The number of amidine groups is 1. The molecule has 4 rings (SSSR count). The zero-order valence-electron chi connectivity index (χ0n) is 18.8. The number of hydrogen-bond donors (Lipinski definition) is 0. The molecule has 36 heavy (non-hydrogen) atoms. The maximum atomic E-state index is 13.2. The Morgan fingerprint density at radius 1 is 1.19 bits per heavy atom. The lowest BCUT2D eigenvalue weighted by Crippen LogP contribution is -2.28. The van der Waals surface area contributed by atoms with Gasteiger partial charge >= 0.3 is 0 Å². The van der Waals surface area contributed by atoms with Gasteiger partial charge in [0.15, 0.2) is 10.9 Å². The van der Waals surface area contributed by atoms with Crippen molar-refractivity contribution in [1.29, 1.82) is 0 Å². The number of hydrogen-bond acceptors (Lipinski definition) is 6. The van der Waals surface area contributed by atoms with E-state index >= 15 is 0 Å². The minimum Gasteiger partial charge on any atom is -0.486 e. The topological polar surface area (TPSA) is 85.0 Å². The third-order valence-corrected chi connectivity index (χ3v) is 6.98. The van der Waals surface area contributed by atoms with E-state index in [0.717, 1.165) is 5.56 Å². The van der Waals surface area contributed by atoms with E-state index in [2.05, 4.69) is 20.9 Å². The predicted molar refractivity (Wildman–Crippen MR) is 143 cm³/mol. The normalized spacial score (nSPS) is 15.7. The first-order valence-corrected chi connectivity index (χ1v) is 12.6. The molecule has 0 spiro atoms. The van der Waals surface area contributed by atoms with Crippen molar-refractivity contribution in [2.24, 2.45) is 4.99 Å². The van der Waals surface area contributed by atoms with Gasteiger partial charge in [0.25, 0.3) is 11.6 Å². The van der Waals surface area contributed by atoms with E-state index in [1.165, 1.54) is 36.0 Å². The number of ether oxygens (including phenoxy) is 1. The molecule has 0 aromatic heterocycles. The number of carbonyl (C=O) groups is 1. The number of likely N-dealkylation sites (N-methyl/N-ethyl adjacent to an activating group) is 1. The molecule has 1 aliphatic rings. The lowest BCUT2D eigenvalue weighted by molar-refractivity contribution is -0.384. The molecule has 0 radical (unpaired) electrons. The van der Waals surface area contributed by atoms with Gasteiger partial charge in [-0.1, -0.05) is 11.6 Å². The van der Waals surface area contributed by atoms with E-state index < -0.39 is 4.92 Å². The highest BCUT2D eigenvalue weighted by molar-refractivity contribution is 9.10. The highest BCUT2D eigenvalue weighted by Gasteiger charge is 2.32. The number of nitro benzene ring substituents is 1. The largest absolute Gasteiger partial charge is 0.486 e. The van der Waals surface area contributed by atoms with E-state index in [1.807, 2.05) is 6.92 Å². The number of nitro groups is 1. The van der Waals surface area contributed by atoms with Crippen molar-refractivity contribution in [3.63, 3.8) is 0 Å². The third-order valence-electron chi connectivity index (χ3n) is 5.10. The standard InChI is InChI=1S/C25H18BrClFN3O4S/c1-2-30-24(32)22(36-25(30)29-18-7-5-17(28)6-8-18)13-16-11-20(26)23(21(27)12-16)35-14-15-3-9-19(10-4-15)31(33)34/h3-13H,2,14H2,1H3/b22-13+,29-25?. The molecule has 184 valence electrons. The van der Waals surface area contributed by atoms with Gasteiger partial charge < -0.3 is 4.74 Å². The molecule has 0 unspecified atom stereocenters. The molecule has 0 atom stereocenters. The van der Waals surface area contributed by atoms with E-state index in [4.69, 9.17) is 16.3 Å². The quantitative estimate of drug-likeness (QED) is 0.163. The average molecular weight is 591 g/mol. The second-order valence-electron chi connectivity index (χ2n) is 7.56. The molecule has 7 nitrogen and oxygen atoms in total. The van der Waals surface area contributed by atoms with Gasteiger partial charge in [-0.25, -0.2) is 9.38 Å². The summed E-state index contributed by atoms with van der Waals surface area (Å²) >= 11 is 11.2. The van der Waals surface area contributed by atoms with E-state index in [-0.39, 0.29) is 24.0 Å². The summed E-state index contributed by atoms with van der Waals surface area (Å²) in [6.07, 6.45) is 1.72. The van der Waals surface area contributed by atoms with Crippen LogP contribution in [0.2, 0.25) is 5.02 Å². The number of carbonyl (C=O) groups excluding carboxylic acids is 1. The summed E-state index contributed by atoms with van der Waals surface area (Å²) in [5.41, 5.74) is 1.98. The van der Waals surface area contributed by atoms with Gasteiger partial charge in [-0.15, -0.1) is 0 Å². The monoisotopic (exact) mass is 589 g/mol. The van der Waals surface area contributed by atoms with Crippen molar-refractivity contribution in [2.75, 3.05) is 6.54 Å². The molecule has 1 heterocycles. The number of rotatable bonds is 7. The first-order valence-electron chi connectivity index (χ1n) is 10.7. The van der Waals surface area contributed by atoms with Gasteiger partial charge in [0.2, 0.25) is 0 Å². The molecule has 1 aliphatic heterocycles. The van der Waals surface area contributed by atoms with Crippen LogP contribution in [-0.2, 0) is 11.4 Å². The van der Waals surface area contributed by atoms with Crippen LogP contribution >= 0.6 is 39.3 Å². The molecule has 1 saturated heterocycles. The highest BCUT2D eigenvalue weighted by Crippen LogP contribution is 2.38. The van der Waals surface area contributed by atoms with E-state index in [9.17, 15) is 19.3 Å². The summed E-state index contributed by atoms with van der Waals surface area (Å²) in [7, 11) is 0. The van der Waals surface area contributed by atoms with Crippen molar-refractivity contribution in [3.8, 4) is 5.75 Å². The van der Waals surface area contributed by atoms with Crippen molar-refractivity contribution in [2.45, 2.75) is 13.5 Å². The second-order valence-corrected chi connectivity index (χ2v) is 9.83. The molecule has 0 saturated carbocycles. The summed E-state index contributed by atoms with van der Waals surface area (Å²) in [6.45, 7) is 2.45. The molecule has 1 fully saturated rings. The summed E-state index contributed by atoms with van der Waals surface area (Å²) < 4.78 is 19.6. The minimum atomic E-state index is -0.462. The van der Waals surface area contributed by atoms with Gasteiger partial charge in [-0.3, -0.25) is 19.8 Å². The summed E-state index contributed by atoms with van der Waals surface area (Å²) in [4.78, 5) is 29.8. The number of amides is 1. The molecule has 0 N–H and O–H groups in total. The molecule has 1 amide bonds. The van der Waals surface area contributed by atoms with E-state index in [1.54, 1.807) is 47.4 Å². The van der Waals surface area contributed by atoms with Crippen LogP contribution in [-0.4, -0.2) is 27.4 Å². The Bertz CT molecular complexity index is 1360. The van der Waals surface area contributed by atoms with Gasteiger partial charge in [0.1, 0.15) is 12.4 Å². The van der Waals surface area contributed by atoms with Crippen LogP contribution in [0.4, 0.5) is 15.8 Å². The van der Waals surface area contributed by atoms with Crippen LogP contribution in [0.25, 0.3) is 6.08 Å². The van der Waals surface area contributed by atoms with Crippen LogP contribution in [0, 0.1) is 15.9 Å². The Labute approximate surface area is 223 Å².